The lowest BCUT2D eigenvalue weighted by atomic mass is 10.2. The SMILES string of the molecule is C=CSC.CN=C1N/C(=C(/N)S(=O)c2ccccc2)N(N)c2sccc21. The zero-order valence-corrected chi connectivity index (χ0v) is 17.0. The summed E-state index contributed by atoms with van der Waals surface area (Å²) in [5.74, 6) is 7.16. The first-order valence-corrected chi connectivity index (χ1v) is 10.8. The molecule has 2 aromatic rings. The van der Waals surface area contributed by atoms with Gasteiger partial charge in [-0.25, -0.2) is 10.1 Å². The lowest BCUT2D eigenvalue weighted by Gasteiger charge is -2.29. The second-order valence-corrected chi connectivity index (χ2v) is 8.05. The van der Waals surface area contributed by atoms with Crippen molar-refractivity contribution in [1.29, 1.82) is 0 Å². The number of hydrazine groups is 1. The van der Waals surface area contributed by atoms with Gasteiger partial charge < -0.3 is 11.1 Å². The van der Waals surface area contributed by atoms with Crippen molar-refractivity contribution in [2.24, 2.45) is 16.6 Å². The predicted molar refractivity (Wildman–Crippen MR) is 114 cm³/mol. The number of thiophene rings is 1. The van der Waals surface area contributed by atoms with E-state index >= 15 is 0 Å². The average Bonchev–Trinajstić information content (AvgIpc) is 3.19. The fourth-order valence-corrected chi connectivity index (χ4v) is 3.94. The topological polar surface area (TPSA) is 96.7 Å². The second kappa shape index (κ2) is 9.58. The van der Waals surface area contributed by atoms with Crippen molar-refractivity contribution in [3.05, 3.63) is 70.2 Å². The van der Waals surface area contributed by atoms with Crippen LogP contribution in [0.1, 0.15) is 5.56 Å². The lowest BCUT2D eigenvalue weighted by molar-refractivity contribution is 0.685. The molecule has 138 valence electrons. The number of anilines is 1. The summed E-state index contributed by atoms with van der Waals surface area (Å²) in [6, 6.07) is 10.9. The largest absolute Gasteiger partial charge is 0.388 e. The lowest BCUT2D eigenvalue weighted by Crippen LogP contribution is -2.46. The Balaban J connectivity index is 0.000000552. The van der Waals surface area contributed by atoms with Gasteiger partial charge in [-0.15, -0.1) is 23.1 Å². The summed E-state index contributed by atoms with van der Waals surface area (Å²) in [5.41, 5.74) is 7.00. The summed E-state index contributed by atoms with van der Waals surface area (Å²) in [6.07, 6.45) is 1.98. The van der Waals surface area contributed by atoms with E-state index in [1.165, 1.54) is 16.3 Å². The van der Waals surface area contributed by atoms with Crippen molar-refractivity contribution in [2.75, 3.05) is 18.3 Å². The minimum Gasteiger partial charge on any atom is -0.388 e. The molecular weight excluding hydrogens is 386 g/mol. The number of benzene rings is 1. The van der Waals surface area contributed by atoms with E-state index in [1.54, 1.807) is 36.4 Å². The van der Waals surface area contributed by atoms with Crippen LogP contribution in [0.2, 0.25) is 0 Å². The summed E-state index contributed by atoms with van der Waals surface area (Å²) in [5, 5.41) is 9.17. The van der Waals surface area contributed by atoms with Gasteiger partial charge in [0.25, 0.3) is 0 Å². The fourth-order valence-electron chi connectivity index (χ4n) is 2.12. The molecule has 6 nitrogen and oxygen atoms in total. The van der Waals surface area contributed by atoms with Crippen LogP contribution in [0.15, 0.2) is 74.5 Å². The number of nitrogens with zero attached hydrogens (tertiary/aromatic N) is 2. The Morgan fingerprint density at radius 3 is 2.62 bits per heavy atom. The van der Waals surface area contributed by atoms with Gasteiger partial charge in [0.1, 0.15) is 26.7 Å². The third-order valence-corrected chi connectivity index (χ3v) is 5.92. The molecule has 1 atom stereocenters. The number of aliphatic imine (C=N–C) groups is 1. The maximum absolute atomic E-state index is 12.6. The summed E-state index contributed by atoms with van der Waals surface area (Å²) < 4.78 is 12.6. The van der Waals surface area contributed by atoms with Crippen LogP contribution in [0.5, 0.6) is 0 Å². The Morgan fingerprint density at radius 2 is 2.04 bits per heavy atom. The van der Waals surface area contributed by atoms with Crippen molar-refractivity contribution in [3.8, 4) is 0 Å². The van der Waals surface area contributed by atoms with Crippen molar-refractivity contribution >= 4 is 44.7 Å². The highest BCUT2D eigenvalue weighted by atomic mass is 32.2. The van der Waals surface area contributed by atoms with Gasteiger partial charge in [-0.3, -0.25) is 10.0 Å². The number of hydrogen-bond donors (Lipinski definition) is 3. The van der Waals surface area contributed by atoms with Crippen LogP contribution in [0.4, 0.5) is 5.00 Å². The Hall–Kier alpha value is -2.07. The molecule has 26 heavy (non-hydrogen) atoms. The van der Waals surface area contributed by atoms with Gasteiger partial charge in [0, 0.05) is 11.9 Å². The van der Waals surface area contributed by atoms with Crippen LogP contribution in [0.3, 0.4) is 0 Å². The minimum atomic E-state index is -1.51. The van der Waals surface area contributed by atoms with Crippen LogP contribution < -0.4 is 21.9 Å². The molecule has 0 radical (unpaired) electrons. The number of amidine groups is 1. The number of nitrogens with two attached hydrogens (primary N) is 2. The molecule has 1 aliphatic rings. The third-order valence-electron chi connectivity index (χ3n) is 3.38. The molecule has 9 heteroatoms. The molecule has 0 aliphatic carbocycles. The highest BCUT2D eigenvalue weighted by Gasteiger charge is 2.28. The van der Waals surface area contributed by atoms with Crippen LogP contribution in [0, 0.1) is 0 Å². The highest BCUT2D eigenvalue weighted by Crippen LogP contribution is 2.32. The number of thioether (sulfide) groups is 1. The van der Waals surface area contributed by atoms with E-state index in [9.17, 15) is 4.21 Å². The Labute approximate surface area is 164 Å². The van der Waals surface area contributed by atoms with Gasteiger partial charge in [-0.1, -0.05) is 24.8 Å². The first kappa shape index (κ1) is 20.2. The summed E-state index contributed by atoms with van der Waals surface area (Å²) in [4.78, 5) is 4.82. The van der Waals surface area contributed by atoms with E-state index in [-0.39, 0.29) is 5.03 Å². The van der Waals surface area contributed by atoms with Gasteiger partial charge in [-0.2, -0.15) is 0 Å². The predicted octanol–water partition coefficient (Wildman–Crippen LogP) is 2.79. The molecule has 1 aliphatic heterocycles. The van der Waals surface area contributed by atoms with Crippen molar-refractivity contribution in [2.45, 2.75) is 4.90 Å². The van der Waals surface area contributed by atoms with E-state index in [1.807, 2.05) is 35.9 Å². The normalized spacial score (nSPS) is 17.5. The maximum atomic E-state index is 12.6. The molecule has 0 saturated carbocycles. The minimum absolute atomic E-state index is 0.161. The molecule has 5 N–H and O–H groups in total. The fraction of sp³-hybridized carbons (Fsp3) is 0.118. The monoisotopic (exact) mass is 407 g/mol. The van der Waals surface area contributed by atoms with Gasteiger partial charge in [0.2, 0.25) is 0 Å². The van der Waals surface area contributed by atoms with E-state index in [0.717, 1.165) is 10.6 Å². The highest BCUT2D eigenvalue weighted by molar-refractivity contribution is 8.01. The van der Waals surface area contributed by atoms with Crippen LogP contribution >= 0.6 is 23.1 Å². The zero-order valence-electron chi connectivity index (χ0n) is 14.5. The van der Waals surface area contributed by atoms with E-state index in [2.05, 4.69) is 16.9 Å². The van der Waals surface area contributed by atoms with Gasteiger partial charge in [0.05, 0.1) is 5.56 Å². The molecule has 0 saturated heterocycles. The van der Waals surface area contributed by atoms with Crippen LogP contribution in [-0.4, -0.2) is 23.3 Å². The van der Waals surface area contributed by atoms with Crippen molar-refractivity contribution < 1.29 is 4.21 Å². The number of rotatable bonds is 3. The molecule has 0 spiro atoms. The van der Waals surface area contributed by atoms with E-state index in [0.29, 0.717) is 16.6 Å². The van der Waals surface area contributed by atoms with Crippen molar-refractivity contribution in [1.82, 2.24) is 5.32 Å². The second-order valence-electron chi connectivity index (χ2n) is 4.90. The smallest absolute Gasteiger partial charge is 0.160 e. The Kier molecular flexibility index (Phi) is 7.46. The van der Waals surface area contributed by atoms with Gasteiger partial charge >= 0.3 is 0 Å². The quantitative estimate of drug-likeness (QED) is 0.677. The Bertz CT molecular complexity index is 845. The number of hydrogen-bond acceptors (Lipinski definition) is 7. The molecule has 2 heterocycles. The van der Waals surface area contributed by atoms with Gasteiger partial charge in [-0.05, 0) is 35.2 Å². The Morgan fingerprint density at radius 1 is 1.38 bits per heavy atom. The summed E-state index contributed by atoms with van der Waals surface area (Å²) >= 11 is 3.09. The summed E-state index contributed by atoms with van der Waals surface area (Å²) in [7, 11) is 0.173. The molecule has 1 aromatic carbocycles. The van der Waals surface area contributed by atoms with Crippen LogP contribution in [0.25, 0.3) is 0 Å². The average molecular weight is 408 g/mol. The molecule has 3 rings (SSSR count). The van der Waals surface area contributed by atoms with E-state index < -0.39 is 10.8 Å². The van der Waals surface area contributed by atoms with Crippen molar-refractivity contribution in [3.63, 3.8) is 0 Å². The first-order valence-electron chi connectivity index (χ1n) is 7.51. The molecular formula is C17H21N5OS3. The first-order chi connectivity index (χ1) is 12.5. The van der Waals surface area contributed by atoms with E-state index in [4.69, 9.17) is 11.6 Å². The molecule has 0 bridgehead atoms. The standard InChI is InChI=1S/C14H15N5OS2.C3H6S/c1-17-12-10-7-8-21-14(10)19(16)13(18-12)11(15)22(20)9-5-3-2-4-6-9;1-3-4-2/h2-8H,15-16H2,1H3,(H,17,18);3H,1H2,2H3/b13-11+;. The van der Waals surface area contributed by atoms with Gasteiger partial charge in [0.15, 0.2) is 5.82 Å². The molecule has 0 fully saturated rings. The summed E-state index contributed by atoms with van der Waals surface area (Å²) in [6.45, 7) is 3.44. The number of nitrogens with one attached hydrogen (secondary N) is 1. The molecule has 0 amide bonds. The third kappa shape index (κ3) is 4.36. The maximum Gasteiger partial charge on any atom is 0.160 e. The molecule has 1 aromatic heterocycles. The van der Waals surface area contributed by atoms with Crippen LogP contribution in [-0.2, 0) is 10.8 Å². The number of fused-ring (bicyclic) bond motifs is 1. The zero-order chi connectivity index (χ0) is 19.1. The molecule has 1 unspecified atom stereocenters.